The lowest BCUT2D eigenvalue weighted by Crippen LogP contribution is -2.29. The van der Waals surface area contributed by atoms with Crippen LogP contribution in [0.2, 0.25) is 0 Å². The van der Waals surface area contributed by atoms with Gasteiger partial charge in [0.1, 0.15) is 0 Å². The highest BCUT2D eigenvalue weighted by atomic mass is 32.2. The maximum absolute atomic E-state index is 3.74. The van der Waals surface area contributed by atoms with Crippen molar-refractivity contribution in [2.75, 3.05) is 6.54 Å². The molecule has 1 aliphatic heterocycles. The van der Waals surface area contributed by atoms with Crippen LogP contribution in [0.4, 0.5) is 0 Å². The smallest absolute Gasteiger partial charge is 0.0649 e. The Labute approximate surface area is 113 Å². The largest absolute Gasteiger partial charge is 0.310 e. The first-order valence-corrected chi connectivity index (χ1v) is 8.19. The summed E-state index contributed by atoms with van der Waals surface area (Å²) in [4.78, 5) is 0. The van der Waals surface area contributed by atoms with E-state index >= 15 is 0 Å². The van der Waals surface area contributed by atoms with Gasteiger partial charge in [-0.2, -0.15) is 0 Å². The molecule has 2 atom stereocenters. The van der Waals surface area contributed by atoms with E-state index in [9.17, 15) is 0 Å². The summed E-state index contributed by atoms with van der Waals surface area (Å²) in [5, 5.41) is 6.72. The predicted octanol–water partition coefficient (Wildman–Crippen LogP) is 4.70. The van der Waals surface area contributed by atoms with E-state index in [4.69, 9.17) is 0 Å². The molecule has 0 amide bonds. The molecule has 1 unspecified atom stereocenters. The van der Waals surface area contributed by atoms with Crippen molar-refractivity contribution in [2.24, 2.45) is 5.41 Å². The van der Waals surface area contributed by atoms with Crippen molar-refractivity contribution in [3.05, 3.63) is 17.0 Å². The highest BCUT2D eigenvalue weighted by Gasteiger charge is 2.26. The summed E-state index contributed by atoms with van der Waals surface area (Å²) in [6.45, 7) is 10.4. The quantitative estimate of drug-likeness (QED) is 0.853. The molecule has 96 valence electrons. The first-order valence-electron chi connectivity index (χ1n) is 6.43. The molecule has 1 aromatic heterocycles. The van der Waals surface area contributed by atoms with E-state index < -0.39 is 0 Å². The van der Waals surface area contributed by atoms with Crippen LogP contribution in [0.3, 0.4) is 0 Å². The number of thioether (sulfide) groups is 1. The highest BCUT2D eigenvalue weighted by molar-refractivity contribution is 8.01. The maximum Gasteiger partial charge on any atom is 0.0649 e. The number of rotatable bonds is 3. The second-order valence-corrected chi connectivity index (χ2v) is 8.77. The Morgan fingerprint density at radius 2 is 2.18 bits per heavy atom. The van der Waals surface area contributed by atoms with Crippen molar-refractivity contribution < 1.29 is 0 Å². The van der Waals surface area contributed by atoms with Crippen molar-refractivity contribution in [2.45, 2.75) is 56.0 Å². The fourth-order valence-electron chi connectivity index (χ4n) is 2.16. The van der Waals surface area contributed by atoms with Gasteiger partial charge >= 0.3 is 0 Å². The molecule has 0 aliphatic carbocycles. The third kappa shape index (κ3) is 3.73. The number of nitrogens with one attached hydrogen (secondary N) is 1. The van der Waals surface area contributed by atoms with Crippen molar-refractivity contribution in [1.29, 1.82) is 0 Å². The molecule has 2 heterocycles. The summed E-state index contributed by atoms with van der Waals surface area (Å²) in [5.74, 6) is 0. The zero-order valence-corrected chi connectivity index (χ0v) is 12.9. The Hall–Kier alpha value is 0.01000. The molecule has 2 rings (SSSR count). The third-order valence-electron chi connectivity index (χ3n) is 3.18. The van der Waals surface area contributed by atoms with Gasteiger partial charge in [0.15, 0.2) is 0 Å². The van der Waals surface area contributed by atoms with Crippen LogP contribution in [0, 0.1) is 5.41 Å². The Kier molecular flexibility index (Phi) is 4.22. The van der Waals surface area contributed by atoms with Crippen LogP contribution in [-0.2, 0) is 0 Å². The van der Waals surface area contributed by atoms with Crippen molar-refractivity contribution >= 4 is 23.1 Å². The fourth-order valence-corrected chi connectivity index (χ4v) is 4.73. The summed E-state index contributed by atoms with van der Waals surface area (Å²) < 4.78 is 1.53. The molecule has 1 nitrogen and oxygen atoms in total. The molecule has 3 heteroatoms. The molecule has 0 spiro atoms. The van der Waals surface area contributed by atoms with Gasteiger partial charge in [-0.3, -0.25) is 0 Å². The molecule has 0 radical (unpaired) electrons. The number of thiophene rings is 1. The molecule has 0 aromatic carbocycles. The topological polar surface area (TPSA) is 12.0 Å². The van der Waals surface area contributed by atoms with Gasteiger partial charge in [-0.25, -0.2) is 0 Å². The normalized spacial score (nSPS) is 24.7. The maximum atomic E-state index is 3.74. The second kappa shape index (κ2) is 5.33. The van der Waals surface area contributed by atoms with E-state index in [1.165, 1.54) is 22.6 Å². The van der Waals surface area contributed by atoms with Crippen LogP contribution < -0.4 is 5.32 Å². The first-order chi connectivity index (χ1) is 7.96. The number of hydrogen-bond donors (Lipinski definition) is 1. The Balaban J connectivity index is 1.94. The van der Waals surface area contributed by atoms with Gasteiger partial charge in [-0.1, -0.05) is 27.7 Å². The summed E-state index contributed by atoms with van der Waals surface area (Å²) in [5.41, 5.74) is 1.96. The van der Waals surface area contributed by atoms with Gasteiger partial charge in [0.05, 0.1) is 4.21 Å². The van der Waals surface area contributed by atoms with Crippen LogP contribution in [0.15, 0.2) is 15.7 Å². The molecule has 1 aliphatic rings. The first kappa shape index (κ1) is 13.4. The van der Waals surface area contributed by atoms with Crippen LogP contribution in [0.1, 0.15) is 52.1 Å². The lowest BCUT2D eigenvalue weighted by atomic mass is 9.92. The summed E-state index contributed by atoms with van der Waals surface area (Å²) in [7, 11) is 0. The Morgan fingerprint density at radius 3 is 2.88 bits per heavy atom. The second-order valence-electron chi connectivity index (χ2n) is 6.14. The molecule has 0 saturated heterocycles. The number of hydrogen-bond acceptors (Lipinski definition) is 3. The van der Waals surface area contributed by atoms with Gasteiger partial charge in [-0.15, -0.1) is 23.1 Å². The molecule has 1 aromatic rings. The van der Waals surface area contributed by atoms with Crippen LogP contribution in [0.5, 0.6) is 0 Å². The van der Waals surface area contributed by atoms with Gasteiger partial charge < -0.3 is 5.32 Å². The van der Waals surface area contributed by atoms with Gasteiger partial charge in [0.25, 0.3) is 0 Å². The van der Waals surface area contributed by atoms with E-state index in [2.05, 4.69) is 44.5 Å². The van der Waals surface area contributed by atoms with E-state index in [-0.39, 0.29) is 0 Å². The van der Waals surface area contributed by atoms with Crippen LogP contribution in [-0.4, -0.2) is 11.8 Å². The molecular formula is C14H23NS2. The molecule has 0 fully saturated rings. The Bertz CT molecular complexity index is 365. The molecular weight excluding hydrogens is 246 g/mol. The van der Waals surface area contributed by atoms with E-state index in [1.54, 1.807) is 0 Å². The average Bonchev–Trinajstić information content (AvgIpc) is 2.63. The van der Waals surface area contributed by atoms with Crippen LogP contribution in [0.25, 0.3) is 0 Å². The van der Waals surface area contributed by atoms with Gasteiger partial charge in [-0.05, 0) is 41.8 Å². The molecule has 1 N–H and O–H groups in total. The SMILES string of the molecule is C[C@H]1CC(NCCC(C)(C)C)c2ccsc2S1. The standard InChI is InChI=1S/C14H23NS2/c1-10-9-12(15-7-6-14(2,3)4)11-5-8-16-13(11)17-10/h5,8,10,12,15H,6-7,9H2,1-4H3/t10-,12?/m0/s1. The minimum atomic E-state index is 0.430. The monoisotopic (exact) mass is 269 g/mol. The lowest BCUT2D eigenvalue weighted by molar-refractivity contribution is 0.349. The molecule has 0 bridgehead atoms. The zero-order valence-electron chi connectivity index (χ0n) is 11.2. The summed E-state index contributed by atoms with van der Waals surface area (Å²) in [6, 6.07) is 2.88. The van der Waals surface area contributed by atoms with Crippen molar-refractivity contribution in [3.8, 4) is 0 Å². The summed E-state index contributed by atoms with van der Waals surface area (Å²) >= 11 is 3.93. The fraction of sp³-hybridized carbons (Fsp3) is 0.714. The molecule has 17 heavy (non-hydrogen) atoms. The number of fused-ring (bicyclic) bond motifs is 1. The van der Waals surface area contributed by atoms with Crippen LogP contribution >= 0.6 is 23.1 Å². The van der Waals surface area contributed by atoms with E-state index in [0.717, 1.165) is 11.8 Å². The zero-order chi connectivity index (χ0) is 12.5. The predicted molar refractivity (Wildman–Crippen MR) is 79.1 cm³/mol. The average molecular weight is 269 g/mol. The van der Waals surface area contributed by atoms with E-state index in [1.807, 2.05) is 23.1 Å². The minimum Gasteiger partial charge on any atom is -0.310 e. The molecule has 0 saturated carbocycles. The van der Waals surface area contributed by atoms with E-state index in [0.29, 0.717) is 11.5 Å². The Morgan fingerprint density at radius 1 is 1.41 bits per heavy atom. The summed E-state index contributed by atoms with van der Waals surface area (Å²) in [6.07, 6.45) is 2.50. The van der Waals surface area contributed by atoms with Gasteiger partial charge in [0, 0.05) is 11.3 Å². The third-order valence-corrected chi connectivity index (χ3v) is 5.52. The lowest BCUT2D eigenvalue weighted by Gasteiger charge is -2.29. The minimum absolute atomic E-state index is 0.430. The van der Waals surface area contributed by atoms with Crippen molar-refractivity contribution in [3.63, 3.8) is 0 Å². The van der Waals surface area contributed by atoms with Gasteiger partial charge in [0.2, 0.25) is 0 Å². The van der Waals surface area contributed by atoms with Crippen molar-refractivity contribution in [1.82, 2.24) is 5.32 Å². The highest BCUT2D eigenvalue weighted by Crippen LogP contribution is 2.43.